The molecule has 0 bridgehead atoms. The molecule has 0 aliphatic carbocycles. The zero-order chi connectivity index (χ0) is 21.4. The van der Waals surface area contributed by atoms with Crippen LogP contribution in [0.4, 0.5) is 11.4 Å². The van der Waals surface area contributed by atoms with E-state index in [4.69, 9.17) is 9.47 Å². The molecule has 0 saturated heterocycles. The number of amides is 1. The second-order valence-electron chi connectivity index (χ2n) is 6.81. The van der Waals surface area contributed by atoms with E-state index in [1.54, 1.807) is 26.3 Å². The highest BCUT2D eigenvalue weighted by Gasteiger charge is 2.19. The molecular formula is C21H27N3O5. The number of nitro benzene ring substituents is 1. The summed E-state index contributed by atoms with van der Waals surface area (Å²) in [6.45, 7) is 5.52. The van der Waals surface area contributed by atoms with Crippen molar-refractivity contribution >= 4 is 17.3 Å². The molecule has 0 spiro atoms. The molecule has 2 aromatic carbocycles. The summed E-state index contributed by atoms with van der Waals surface area (Å²) in [4.78, 5) is 25.0. The smallest absolute Gasteiger partial charge is 0.293 e. The molecule has 0 aliphatic heterocycles. The van der Waals surface area contributed by atoms with Crippen molar-refractivity contribution in [2.75, 3.05) is 45.8 Å². The van der Waals surface area contributed by atoms with Gasteiger partial charge in [-0.1, -0.05) is 6.07 Å². The summed E-state index contributed by atoms with van der Waals surface area (Å²) < 4.78 is 10.7. The normalized spacial score (nSPS) is 10.5. The molecule has 0 fully saturated rings. The Hall–Kier alpha value is -3.13. The Balaban J connectivity index is 2.00. The number of carbonyl (C=O) groups is 1. The number of rotatable bonds is 10. The largest absolute Gasteiger partial charge is 0.492 e. The van der Waals surface area contributed by atoms with Crippen molar-refractivity contribution < 1.29 is 19.2 Å². The van der Waals surface area contributed by atoms with Crippen LogP contribution in [0.2, 0.25) is 0 Å². The average molecular weight is 401 g/mol. The molecule has 29 heavy (non-hydrogen) atoms. The van der Waals surface area contributed by atoms with Crippen LogP contribution in [0, 0.1) is 24.0 Å². The minimum atomic E-state index is -0.505. The summed E-state index contributed by atoms with van der Waals surface area (Å²) in [7, 11) is 3.20. The van der Waals surface area contributed by atoms with Gasteiger partial charge in [-0.05, 0) is 49.2 Å². The van der Waals surface area contributed by atoms with Gasteiger partial charge in [0.05, 0.1) is 18.1 Å². The molecule has 0 atom stereocenters. The van der Waals surface area contributed by atoms with E-state index in [2.05, 4.69) is 11.4 Å². The third-order valence-electron chi connectivity index (χ3n) is 4.30. The number of hydrogen-bond acceptors (Lipinski definition) is 6. The van der Waals surface area contributed by atoms with Crippen molar-refractivity contribution in [3.8, 4) is 5.75 Å². The molecule has 1 N–H and O–H groups in total. The van der Waals surface area contributed by atoms with Crippen LogP contribution >= 0.6 is 0 Å². The Morgan fingerprint density at radius 2 is 1.83 bits per heavy atom. The van der Waals surface area contributed by atoms with Crippen molar-refractivity contribution in [1.29, 1.82) is 0 Å². The number of nitro groups is 1. The van der Waals surface area contributed by atoms with E-state index in [1.165, 1.54) is 11.0 Å². The van der Waals surface area contributed by atoms with E-state index >= 15 is 0 Å². The highest BCUT2D eigenvalue weighted by Crippen LogP contribution is 2.26. The van der Waals surface area contributed by atoms with Gasteiger partial charge in [-0.25, -0.2) is 0 Å². The van der Waals surface area contributed by atoms with Gasteiger partial charge in [-0.2, -0.15) is 0 Å². The average Bonchev–Trinajstić information content (AvgIpc) is 2.66. The van der Waals surface area contributed by atoms with Crippen LogP contribution in [0.3, 0.4) is 0 Å². The summed E-state index contributed by atoms with van der Waals surface area (Å²) in [6, 6.07) is 10.3. The zero-order valence-corrected chi connectivity index (χ0v) is 17.2. The monoisotopic (exact) mass is 401 g/mol. The first-order valence-electron chi connectivity index (χ1n) is 9.29. The third-order valence-corrected chi connectivity index (χ3v) is 4.30. The van der Waals surface area contributed by atoms with Gasteiger partial charge >= 0.3 is 0 Å². The Bertz CT molecular complexity index is 849. The molecule has 8 heteroatoms. The van der Waals surface area contributed by atoms with Crippen molar-refractivity contribution in [2.45, 2.75) is 13.8 Å². The predicted octanol–water partition coefficient (Wildman–Crippen LogP) is 3.42. The quantitative estimate of drug-likeness (QED) is 0.372. The molecule has 0 unspecified atom stereocenters. The third kappa shape index (κ3) is 6.46. The second-order valence-corrected chi connectivity index (χ2v) is 6.81. The lowest BCUT2D eigenvalue weighted by Crippen LogP contribution is -2.31. The number of benzene rings is 2. The molecule has 0 saturated carbocycles. The number of carbonyl (C=O) groups excluding carboxylic acids is 1. The van der Waals surface area contributed by atoms with Gasteiger partial charge in [0.25, 0.3) is 11.6 Å². The van der Waals surface area contributed by atoms with E-state index in [1.807, 2.05) is 26.0 Å². The number of aryl methyl sites for hydroxylation is 2. The molecule has 0 radical (unpaired) electrons. The van der Waals surface area contributed by atoms with Crippen LogP contribution in [0.25, 0.3) is 0 Å². The van der Waals surface area contributed by atoms with Crippen molar-refractivity contribution in [3.63, 3.8) is 0 Å². The lowest BCUT2D eigenvalue weighted by atomic mass is 10.1. The van der Waals surface area contributed by atoms with Crippen molar-refractivity contribution in [3.05, 3.63) is 63.2 Å². The number of hydrogen-bond donors (Lipinski definition) is 1. The molecule has 1 amide bonds. The second kappa shape index (κ2) is 10.4. The molecule has 0 aliphatic rings. The summed E-state index contributed by atoms with van der Waals surface area (Å²) >= 11 is 0. The molecule has 8 nitrogen and oxygen atoms in total. The number of ether oxygens (including phenoxy) is 2. The number of nitrogens with zero attached hydrogens (tertiary/aromatic N) is 2. The van der Waals surface area contributed by atoms with Crippen molar-refractivity contribution in [2.24, 2.45) is 0 Å². The lowest BCUT2D eigenvalue weighted by molar-refractivity contribution is -0.384. The van der Waals surface area contributed by atoms with Crippen LogP contribution in [0.1, 0.15) is 21.5 Å². The zero-order valence-electron chi connectivity index (χ0n) is 17.2. The van der Waals surface area contributed by atoms with Gasteiger partial charge in [0.1, 0.15) is 18.0 Å². The van der Waals surface area contributed by atoms with Crippen LogP contribution in [0.5, 0.6) is 5.75 Å². The van der Waals surface area contributed by atoms with Crippen LogP contribution in [0.15, 0.2) is 36.4 Å². The number of likely N-dealkylation sites (N-methyl/N-ethyl adjacent to an activating group) is 1. The highest BCUT2D eigenvalue weighted by atomic mass is 16.6. The van der Waals surface area contributed by atoms with Gasteiger partial charge in [-0.3, -0.25) is 14.9 Å². The minimum Gasteiger partial charge on any atom is -0.492 e. The SMILES string of the molecule is COCCNc1ccc(C(=O)N(C)CCOc2cc(C)cc(C)c2)cc1[N+](=O)[O-]. The van der Waals surface area contributed by atoms with Crippen LogP contribution in [-0.2, 0) is 4.74 Å². The Labute approximate surface area is 170 Å². The molecular weight excluding hydrogens is 374 g/mol. The van der Waals surface area contributed by atoms with Crippen molar-refractivity contribution in [1.82, 2.24) is 4.90 Å². The fraction of sp³-hybridized carbons (Fsp3) is 0.381. The van der Waals surface area contributed by atoms with Gasteiger partial charge < -0.3 is 19.7 Å². The maximum Gasteiger partial charge on any atom is 0.293 e. The van der Waals surface area contributed by atoms with Gasteiger partial charge in [-0.15, -0.1) is 0 Å². The van der Waals surface area contributed by atoms with Gasteiger partial charge in [0, 0.05) is 32.3 Å². The number of methoxy groups -OCH3 is 1. The fourth-order valence-electron chi connectivity index (χ4n) is 2.89. The summed E-state index contributed by atoms with van der Waals surface area (Å²) in [5, 5.41) is 14.3. The highest BCUT2D eigenvalue weighted by molar-refractivity contribution is 5.95. The van der Waals surface area contributed by atoms with E-state index in [0.29, 0.717) is 32.0 Å². The maximum absolute atomic E-state index is 12.6. The topological polar surface area (TPSA) is 93.9 Å². The standard InChI is InChI=1S/C21H27N3O5/c1-15-11-16(2)13-18(12-15)29-10-8-23(3)21(25)17-5-6-19(22-7-9-28-4)20(14-17)24(26)27/h5-6,11-14,22H,7-10H2,1-4H3. The molecule has 0 heterocycles. The Morgan fingerprint density at radius 3 is 2.45 bits per heavy atom. The lowest BCUT2D eigenvalue weighted by Gasteiger charge is -2.18. The Kier molecular flexibility index (Phi) is 7.97. The molecule has 2 aromatic rings. The van der Waals surface area contributed by atoms with Crippen LogP contribution < -0.4 is 10.1 Å². The number of anilines is 1. The summed E-state index contributed by atoms with van der Waals surface area (Å²) in [6.07, 6.45) is 0. The fourth-order valence-corrected chi connectivity index (χ4v) is 2.89. The van der Waals surface area contributed by atoms with Gasteiger partial charge in [0.15, 0.2) is 0 Å². The first-order valence-corrected chi connectivity index (χ1v) is 9.29. The van der Waals surface area contributed by atoms with Crippen LogP contribution in [-0.4, -0.2) is 56.2 Å². The van der Waals surface area contributed by atoms with E-state index in [-0.39, 0.29) is 17.2 Å². The minimum absolute atomic E-state index is 0.146. The summed E-state index contributed by atoms with van der Waals surface area (Å²) in [5.74, 6) is 0.450. The summed E-state index contributed by atoms with van der Waals surface area (Å²) in [5.41, 5.74) is 2.67. The molecule has 2 rings (SSSR count). The van der Waals surface area contributed by atoms with Gasteiger partial charge in [0.2, 0.25) is 0 Å². The van der Waals surface area contributed by atoms with E-state index in [0.717, 1.165) is 16.9 Å². The first kappa shape index (κ1) is 22.2. The molecule has 156 valence electrons. The predicted molar refractivity (Wildman–Crippen MR) is 112 cm³/mol. The van der Waals surface area contributed by atoms with E-state index < -0.39 is 4.92 Å². The first-order chi connectivity index (χ1) is 13.8. The maximum atomic E-state index is 12.6. The Morgan fingerprint density at radius 1 is 1.14 bits per heavy atom. The molecule has 0 aromatic heterocycles. The van der Waals surface area contributed by atoms with E-state index in [9.17, 15) is 14.9 Å². The number of nitrogens with one attached hydrogen (secondary N) is 1.